The monoisotopic (exact) mass is 240 g/mol. The van der Waals surface area contributed by atoms with Crippen molar-refractivity contribution in [2.75, 3.05) is 11.4 Å². The Morgan fingerprint density at radius 2 is 1.67 bits per heavy atom. The third-order valence-electron chi connectivity index (χ3n) is 2.84. The second-order valence-corrected chi connectivity index (χ2v) is 3.96. The van der Waals surface area contributed by atoms with Gasteiger partial charge in [-0.15, -0.1) is 0 Å². The summed E-state index contributed by atoms with van der Waals surface area (Å²) in [6, 6.07) is 17.4. The lowest BCUT2D eigenvalue weighted by atomic mass is 10.1. The zero-order valence-electron chi connectivity index (χ0n) is 10.3. The quantitative estimate of drug-likeness (QED) is 0.893. The molecule has 3 heteroatoms. The molecule has 0 bridgehead atoms. The summed E-state index contributed by atoms with van der Waals surface area (Å²) in [5.41, 5.74) is 7.86. The molecule has 1 amide bonds. The Kier molecular flexibility index (Phi) is 3.63. The molecule has 0 radical (unpaired) electrons. The first-order valence-corrected chi connectivity index (χ1v) is 5.95. The van der Waals surface area contributed by atoms with Gasteiger partial charge in [-0.1, -0.05) is 30.3 Å². The van der Waals surface area contributed by atoms with Crippen LogP contribution >= 0.6 is 0 Å². The number of carbonyl (C=O) groups is 1. The number of carbonyl (C=O) groups excluding carboxylic acids is 1. The normalized spacial score (nSPS) is 10.1. The van der Waals surface area contributed by atoms with E-state index in [9.17, 15) is 4.79 Å². The first kappa shape index (κ1) is 12.2. The smallest absolute Gasteiger partial charge is 0.250 e. The first-order valence-electron chi connectivity index (χ1n) is 5.95. The van der Waals surface area contributed by atoms with Crippen LogP contribution in [0, 0.1) is 0 Å². The summed E-state index contributed by atoms with van der Waals surface area (Å²) < 4.78 is 0. The van der Waals surface area contributed by atoms with Gasteiger partial charge in [-0.25, -0.2) is 0 Å². The molecule has 0 spiro atoms. The van der Waals surface area contributed by atoms with Gasteiger partial charge in [0.1, 0.15) is 0 Å². The van der Waals surface area contributed by atoms with E-state index in [1.807, 2.05) is 55.5 Å². The maximum atomic E-state index is 11.5. The van der Waals surface area contributed by atoms with E-state index in [0.29, 0.717) is 5.56 Å². The molecule has 92 valence electrons. The van der Waals surface area contributed by atoms with Gasteiger partial charge in [0, 0.05) is 12.2 Å². The molecule has 0 aromatic heterocycles. The molecule has 0 aliphatic heterocycles. The van der Waals surface area contributed by atoms with Gasteiger partial charge >= 0.3 is 0 Å². The van der Waals surface area contributed by atoms with Crippen LogP contribution < -0.4 is 10.6 Å². The minimum atomic E-state index is -0.403. The SMILES string of the molecule is CCN(c1ccccc1)c1ccccc1C(N)=O. The average molecular weight is 240 g/mol. The highest BCUT2D eigenvalue weighted by Gasteiger charge is 2.13. The summed E-state index contributed by atoms with van der Waals surface area (Å²) in [5.74, 6) is -0.403. The van der Waals surface area contributed by atoms with Crippen LogP contribution in [0.15, 0.2) is 54.6 Å². The van der Waals surface area contributed by atoms with Crippen LogP contribution in [-0.4, -0.2) is 12.5 Å². The van der Waals surface area contributed by atoms with Crippen LogP contribution in [0.4, 0.5) is 11.4 Å². The molecule has 0 atom stereocenters. The van der Waals surface area contributed by atoms with Crippen LogP contribution in [0.2, 0.25) is 0 Å². The zero-order valence-corrected chi connectivity index (χ0v) is 10.3. The standard InChI is InChI=1S/C15H16N2O/c1-2-17(12-8-4-3-5-9-12)14-11-7-6-10-13(14)15(16)18/h3-11H,2H2,1H3,(H2,16,18). The molecule has 0 saturated carbocycles. The third kappa shape index (κ3) is 2.35. The topological polar surface area (TPSA) is 46.3 Å². The molecule has 0 aliphatic carbocycles. The van der Waals surface area contributed by atoms with Crippen molar-refractivity contribution in [1.29, 1.82) is 0 Å². The van der Waals surface area contributed by atoms with E-state index in [-0.39, 0.29) is 0 Å². The number of hydrogen-bond acceptors (Lipinski definition) is 2. The molecule has 0 unspecified atom stereocenters. The fraction of sp³-hybridized carbons (Fsp3) is 0.133. The lowest BCUT2D eigenvalue weighted by molar-refractivity contribution is 0.100. The van der Waals surface area contributed by atoms with Gasteiger partial charge in [0.2, 0.25) is 0 Å². The molecular weight excluding hydrogens is 224 g/mol. The van der Waals surface area contributed by atoms with Crippen LogP contribution in [0.3, 0.4) is 0 Å². The minimum absolute atomic E-state index is 0.403. The van der Waals surface area contributed by atoms with Crippen LogP contribution in [-0.2, 0) is 0 Å². The van der Waals surface area contributed by atoms with Crippen molar-refractivity contribution in [1.82, 2.24) is 0 Å². The fourth-order valence-electron chi connectivity index (χ4n) is 2.02. The zero-order chi connectivity index (χ0) is 13.0. The van der Waals surface area contributed by atoms with Gasteiger partial charge in [0.25, 0.3) is 5.91 Å². The molecule has 2 rings (SSSR count). The molecule has 2 aromatic rings. The van der Waals surface area contributed by atoms with Crippen LogP contribution in [0.5, 0.6) is 0 Å². The van der Waals surface area contributed by atoms with Gasteiger partial charge < -0.3 is 10.6 Å². The fourth-order valence-corrected chi connectivity index (χ4v) is 2.02. The molecule has 0 saturated heterocycles. The molecule has 2 aromatic carbocycles. The highest BCUT2D eigenvalue weighted by Crippen LogP contribution is 2.27. The second-order valence-electron chi connectivity index (χ2n) is 3.96. The lowest BCUT2D eigenvalue weighted by Gasteiger charge is -2.25. The number of amides is 1. The summed E-state index contributed by atoms with van der Waals surface area (Å²) in [5, 5.41) is 0. The van der Waals surface area contributed by atoms with Crippen molar-refractivity contribution >= 4 is 17.3 Å². The van der Waals surface area contributed by atoms with Crippen molar-refractivity contribution in [3.63, 3.8) is 0 Å². The van der Waals surface area contributed by atoms with E-state index >= 15 is 0 Å². The van der Waals surface area contributed by atoms with Crippen LogP contribution in [0.1, 0.15) is 17.3 Å². The molecule has 18 heavy (non-hydrogen) atoms. The van der Waals surface area contributed by atoms with Crippen LogP contribution in [0.25, 0.3) is 0 Å². The van der Waals surface area contributed by atoms with Gasteiger partial charge in [0.05, 0.1) is 11.3 Å². The molecule has 2 N–H and O–H groups in total. The predicted octanol–water partition coefficient (Wildman–Crippen LogP) is 2.94. The third-order valence-corrected chi connectivity index (χ3v) is 2.84. The second kappa shape index (κ2) is 5.36. The predicted molar refractivity (Wildman–Crippen MR) is 74.1 cm³/mol. The Hall–Kier alpha value is -2.29. The van der Waals surface area contributed by atoms with Gasteiger partial charge in [0.15, 0.2) is 0 Å². The molecule has 0 aliphatic rings. The Morgan fingerprint density at radius 1 is 1.06 bits per heavy atom. The van der Waals surface area contributed by atoms with E-state index in [1.54, 1.807) is 6.07 Å². The van der Waals surface area contributed by atoms with E-state index < -0.39 is 5.91 Å². The van der Waals surface area contributed by atoms with E-state index in [0.717, 1.165) is 17.9 Å². The van der Waals surface area contributed by atoms with E-state index in [1.165, 1.54) is 0 Å². The number of hydrogen-bond donors (Lipinski definition) is 1. The number of nitrogens with zero attached hydrogens (tertiary/aromatic N) is 1. The van der Waals surface area contributed by atoms with Gasteiger partial charge in [-0.05, 0) is 31.2 Å². The highest BCUT2D eigenvalue weighted by atomic mass is 16.1. The maximum Gasteiger partial charge on any atom is 0.250 e. The van der Waals surface area contributed by atoms with E-state index in [4.69, 9.17) is 5.73 Å². The Labute approximate surface area is 107 Å². The molecule has 0 fully saturated rings. The largest absolute Gasteiger partial charge is 0.366 e. The number of primary amides is 1. The van der Waals surface area contributed by atoms with Crippen molar-refractivity contribution in [2.24, 2.45) is 5.73 Å². The highest BCUT2D eigenvalue weighted by molar-refractivity contribution is 5.99. The van der Waals surface area contributed by atoms with Crippen molar-refractivity contribution in [3.8, 4) is 0 Å². The average Bonchev–Trinajstić information content (AvgIpc) is 2.41. The van der Waals surface area contributed by atoms with Crippen molar-refractivity contribution < 1.29 is 4.79 Å². The summed E-state index contributed by atoms with van der Waals surface area (Å²) in [7, 11) is 0. The lowest BCUT2D eigenvalue weighted by Crippen LogP contribution is -2.21. The summed E-state index contributed by atoms with van der Waals surface area (Å²) in [6.45, 7) is 2.82. The Morgan fingerprint density at radius 3 is 2.28 bits per heavy atom. The number of benzene rings is 2. The number of anilines is 2. The summed E-state index contributed by atoms with van der Waals surface area (Å²) in [4.78, 5) is 13.5. The first-order chi connectivity index (χ1) is 8.74. The van der Waals surface area contributed by atoms with Gasteiger partial charge in [-0.3, -0.25) is 4.79 Å². The number of nitrogens with two attached hydrogens (primary N) is 1. The van der Waals surface area contributed by atoms with E-state index in [2.05, 4.69) is 4.90 Å². The van der Waals surface area contributed by atoms with Crippen molar-refractivity contribution in [2.45, 2.75) is 6.92 Å². The minimum Gasteiger partial charge on any atom is -0.366 e. The molecule has 0 heterocycles. The Balaban J connectivity index is 2.49. The summed E-state index contributed by atoms with van der Waals surface area (Å²) in [6.07, 6.45) is 0. The number of rotatable bonds is 4. The Bertz CT molecular complexity index is 537. The van der Waals surface area contributed by atoms with Gasteiger partial charge in [-0.2, -0.15) is 0 Å². The molecule has 3 nitrogen and oxygen atoms in total. The van der Waals surface area contributed by atoms with Crippen molar-refractivity contribution in [3.05, 3.63) is 60.2 Å². The summed E-state index contributed by atoms with van der Waals surface area (Å²) >= 11 is 0. The maximum absolute atomic E-state index is 11.5. The number of para-hydroxylation sites is 2. The molecular formula is C15H16N2O.